The number of nitrogens with one attached hydrogen (secondary N) is 1. The van der Waals surface area contributed by atoms with E-state index in [1.165, 1.54) is 0 Å². The Morgan fingerprint density at radius 3 is 2.93 bits per heavy atom. The fourth-order valence-electron chi connectivity index (χ4n) is 3.57. The van der Waals surface area contributed by atoms with Crippen molar-refractivity contribution in [3.05, 3.63) is 48.5 Å². The summed E-state index contributed by atoms with van der Waals surface area (Å²) in [5.74, 6) is 0.545. The molecule has 28 heavy (non-hydrogen) atoms. The summed E-state index contributed by atoms with van der Waals surface area (Å²) in [5.41, 5.74) is 1.82. The van der Waals surface area contributed by atoms with Gasteiger partial charge in [0, 0.05) is 58.2 Å². The molecule has 0 aliphatic carbocycles. The highest BCUT2D eigenvalue weighted by Crippen LogP contribution is 2.20. The lowest BCUT2D eigenvalue weighted by atomic mass is 9.98. The number of carbonyl (C=O) groups is 2. The zero-order valence-electron chi connectivity index (χ0n) is 16.7. The number of anilines is 1. The van der Waals surface area contributed by atoms with Gasteiger partial charge in [-0.15, -0.1) is 0 Å². The first-order valence-electron chi connectivity index (χ1n) is 9.82. The summed E-state index contributed by atoms with van der Waals surface area (Å²) in [7, 11) is 3.52. The van der Waals surface area contributed by atoms with Crippen LogP contribution in [0.2, 0.25) is 0 Å². The van der Waals surface area contributed by atoms with Crippen molar-refractivity contribution in [2.75, 3.05) is 32.5 Å². The van der Waals surface area contributed by atoms with Crippen LogP contribution in [-0.2, 0) is 17.8 Å². The Morgan fingerprint density at radius 2 is 2.18 bits per heavy atom. The Morgan fingerprint density at radius 1 is 1.32 bits per heavy atom. The molecule has 1 aromatic heterocycles. The van der Waals surface area contributed by atoms with Gasteiger partial charge in [-0.3, -0.25) is 4.79 Å². The van der Waals surface area contributed by atoms with Crippen molar-refractivity contribution in [1.29, 1.82) is 0 Å². The molecule has 1 N–H and O–H groups in total. The summed E-state index contributed by atoms with van der Waals surface area (Å²) in [4.78, 5) is 32.1. The average Bonchev–Trinajstić information content (AvgIpc) is 3.19. The number of hydrogen-bond acceptors (Lipinski definition) is 3. The van der Waals surface area contributed by atoms with Gasteiger partial charge in [-0.2, -0.15) is 0 Å². The van der Waals surface area contributed by atoms with Crippen LogP contribution in [0.3, 0.4) is 0 Å². The molecule has 1 aliphatic rings. The Balaban J connectivity index is 1.53. The number of carbonyl (C=O) groups excluding carboxylic acids is 2. The van der Waals surface area contributed by atoms with E-state index in [1.807, 2.05) is 41.7 Å². The third-order valence-corrected chi connectivity index (χ3v) is 5.14. The second-order valence-corrected chi connectivity index (χ2v) is 7.63. The van der Waals surface area contributed by atoms with Crippen molar-refractivity contribution < 1.29 is 9.59 Å². The number of hydrogen-bond donors (Lipinski definition) is 1. The normalized spacial score (nSPS) is 16.6. The summed E-state index contributed by atoms with van der Waals surface area (Å²) < 4.78 is 2.07. The molecule has 3 amide bonds. The summed E-state index contributed by atoms with van der Waals surface area (Å²) in [6, 6.07) is 7.69. The van der Waals surface area contributed by atoms with Crippen LogP contribution in [0.4, 0.5) is 10.5 Å². The van der Waals surface area contributed by atoms with E-state index in [4.69, 9.17) is 0 Å². The number of likely N-dealkylation sites (tertiary alicyclic amines) is 1. The van der Waals surface area contributed by atoms with Crippen LogP contribution in [0.5, 0.6) is 0 Å². The SMILES string of the molecule is CN(C)C(=O)CCc1cccc(NC(=O)N2CCC[C@@H](Cn3ccnc3)C2)c1. The van der Waals surface area contributed by atoms with Crippen LogP contribution < -0.4 is 5.32 Å². The molecule has 1 saturated heterocycles. The highest BCUT2D eigenvalue weighted by molar-refractivity contribution is 5.89. The van der Waals surface area contributed by atoms with E-state index in [-0.39, 0.29) is 11.9 Å². The quantitative estimate of drug-likeness (QED) is 0.834. The van der Waals surface area contributed by atoms with Crippen molar-refractivity contribution in [2.24, 2.45) is 5.92 Å². The summed E-state index contributed by atoms with van der Waals surface area (Å²) in [5, 5.41) is 3.01. The van der Waals surface area contributed by atoms with Crippen molar-refractivity contribution in [3.8, 4) is 0 Å². The van der Waals surface area contributed by atoms with E-state index < -0.39 is 0 Å². The van der Waals surface area contributed by atoms with Gasteiger partial charge in [-0.05, 0) is 42.9 Å². The minimum absolute atomic E-state index is 0.0585. The fourth-order valence-corrected chi connectivity index (χ4v) is 3.57. The zero-order valence-corrected chi connectivity index (χ0v) is 16.7. The number of nitrogens with zero attached hydrogens (tertiary/aromatic N) is 4. The van der Waals surface area contributed by atoms with Crippen molar-refractivity contribution >= 4 is 17.6 Å². The van der Waals surface area contributed by atoms with Gasteiger partial charge in [0.05, 0.1) is 6.33 Å². The number of aromatic nitrogens is 2. The van der Waals surface area contributed by atoms with E-state index in [0.717, 1.165) is 43.7 Å². The average molecular weight is 383 g/mol. The molecule has 0 radical (unpaired) electrons. The first-order chi connectivity index (χ1) is 13.5. The summed E-state index contributed by atoms with van der Waals surface area (Å²) in [6.45, 7) is 2.42. The van der Waals surface area contributed by atoms with Crippen LogP contribution >= 0.6 is 0 Å². The number of rotatable bonds is 6. The Labute approximate surface area is 166 Å². The van der Waals surface area contributed by atoms with Crippen LogP contribution in [0.1, 0.15) is 24.8 Å². The van der Waals surface area contributed by atoms with Gasteiger partial charge in [-0.25, -0.2) is 9.78 Å². The third-order valence-electron chi connectivity index (χ3n) is 5.14. The van der Waals surface area contributed by atoms with Crippen molar-refractivity contribution in [3.63, 3.8) is 0 Å². The first kappa shape index (κ1) is 19.9. The zero-order chi connectivity index (χ0) is 19.9. The number of imidazole rings is 1. The highest BCUT2D eigenvalue weighted by atomic mass is 16.2. The van der Waals surface area contributed by atoms with Crippen molar-refractivity contribution in [2.45, 2.75) is 32.2 Å². The van der Waals surface area contributed by atoms with Gasteiger partial charge in [0.25, 0.3) is 0 Å². The smallest absolute Gasteiger partial charge is 0.321 e. The van der Waals surface area contributed by atoms with Gasteiger partial charge >= 0.3 is 6.03 Å². The number of piperidine rings is 1. The Bertz CT molecular complexity index is 788. The lowest BCUT2D eigenvalue weighted by Gasteiger charge is -2.33. The van der Waals surface area contributed by atoms with Gasteiger partial charge in [0.15, 0.2) is 0 Å². The van der Waals surface area contributed by atoms with Crippen LogP contribution in [-0.4, -0.2) is 58.5 Å². The van der Waals surface area contributed by atoms with E-state index in [2.05, 4.69) is 14.9 Å². The lowest BCUT2D eigenvalue weighted by Crippen LogP contribution is -2.43. The van der Waals surface area contributed by atoms with E-state index in [9.17, 15) is 9.59 Å². The molecule has 3 rings (SSSR count). The molecule has 2 aromatic rings. The van der Waals surface area contributed by atoms with Crippen LogP contribution in [0, 0.1) is 5.92 Å². The minimum Gasteiger partial charge on any atom is -0.349 e. The highest BCUT2D eigenvalue weighted by Gasteiger charge is 2.24. The molecule has 1 fully saturated rings. The standard InChI is InChI=1S/C21H29N5O2/c1-24(2)20(27)9-8-17-5-3-7-19(13-17)23-21(28)26-11-4-6-18(15-26)14-25-12-10-22-16-25/h3,5,7,10,12-13,16,18H,4,6,8-9,11,14-15H2,1-2H3,(H,23,28)/t18-/m0/s1. The second kappa shape index (κ2) is 9.39. The predicted octanol–water partition coefficient (Wildman–Crippen LogP) is 2.85. The molecular weight excluding hydrogens is 354 g/mol. The minimum atomic E-state index is -0.0585. The maximum atomic E-state index is 12.7. The number of amides is 3. The van der Waals surface area contributed by atoms with E-state index in [1.54, 1.807) is 25.2 Å². The van der Waals surface area contributed by atoms with Crippen LogP contribution in [0.15, 0.2) is 43.0 Å². The molecule has 7 heteroatoms. The number of benzene rings is 1. The number of urea groups is 1. The molecule has 7 nitrogen and oxygen atoms in total. The molecule has 0 saturated carbocycles. The maximum absolute atomic E-state index is 12.7. The van der Waals surface area contributed by atoms with E-state index >= 15 is 0 Å². The van der Waals surface area contributed by atoms with Gasteiger partial charge in [0.2, 0.25) is 5.91 Å². The third kappa shape index (κ3) is 5.58. The predicted molar refractivity (Wildman–Crippen MR) is 109 cm³/mol. The molecule has 1 atom stereocenters. The van der Waals surface area contributed by atoms with E-state index in [0.29, 0.717) is 18.8 Å². The molecule has 0 spiro atoms. The molecule has 0 bridgehead atoms. The maximum Gasteiger partial charge on any atom is 0.321 e. The molecule has 0 unspecified atom stereocenters. The van der Waals surface area contributed by atoms with Gasteiger partial charge in [-0.1, -0.05) is 12.1 Å². The van der Waals surface area contributed by atoms with Crippen LogP contribution in [0.25, 0.3) is 0 Å². The largest absolute Gasteiger partial charge is 0.349 e. The molecule has 2 heterocycles. The molecule has 1 aliphatic heterocycles. The summed E-state index contributed by atoms with van der Waals surface area (Å²) in [6.07, 6.45) is 8.84. The van der Waals surface area contributed by atoms with Crippen molar-refractivity contribution in [1.82, 2.24) is 19.4 Å². The monoisotopic (exact) mass is 383 g/mol. The number of aryl methyl sites for hydroxylation is 1. The Hall–Kier alpha value is -2.83. The van der Waals surface area contributed by atoms with Gasteiger partial charge in [0.1, 0.15) is 0 Å². The fraction of sp³-hybridized carbons (Fsp3) is 0.476. The molecule has 150 valence electrons. The Kier molecular flexibility index (Phi) is 6.68. The topological polar surface area (TPSA) is 70.5 Å². The first-order valence-corrected chi connectivity index (χ1v) is 9.82. The second-order valence-electron chi connectivity index (χ2n) is 7.63. The van der Waals surface area contributed by atoms with Gasteiger partial charge < -0.3 is 19.7 Å². The lowest BCUT2D eigenvalue weighted by molar-refractivity contribution is -0.128. The molecule has 1 aromatic carbocycles. The summed E-state index contributed by atoms with van der Waals surface area (Å²) >= 11 is 0. The molecular formula is C21H29N5O2.